The molecule has 4 nitrogen and oxygen atoms in total. The molecule has 2 aromatic carbocycles. The zero-order valence-electron chi connectivity index (χ0n) is 15.2. The summed E-state index contributed by atoms with van der Waals surface area (Å²) in [5.41, 5.74) is 4.37. The lowest BCUT2D eigenvalue weighted by molar-refractivity contribution is 0.601. The molecular weight excluding hydrogens is 400 g/mol. The number of thioether (sulfide) groups is 1. The van der Waals surface area contributed by atoms with Crippen molar-refractivity contribution in [1.29, 1.82) is 0 Å². The highest BCUT2D eigenvalue weighted by atomic mass is 35.5. The van der Waals surface area contributed by atoms with Crippen LogP contribution in [0.4, 0.5) is 5.69 Å². The van der Waals surface area contributed by atoms with Crippen molar-refractivity contribution in [3.05, 3.63) is 64.2 Å². The second-order valence-corrected chi connectivity index (χ2v) is 10.7. The van der Waals surface area contributed by atoms with Gasteiger partial charge in [0.1, 0.15) is 0 Å². The topological polar surface area (TPSA) is 49.7 Å². The molecule has 0 N–H and O–H groups in total. The summed E-state index contributed by atoms with van der Waals surface area (Å²) < 4.78 is 24.4. The first-order valence-electron chi connectivity index (χ1n) is 8.85. The molecule has 0 unspecified atom stereocenters. The number of fused-ring (bicyclic) bond motifs is 1. The number of sulfone groups is 1. The lowest BCUT2D eigenvalue weighted by Crippen LogP contribution is -2.39. The first-order chi connectivity index (χ1) is 12.8. The fourth-order valence-electron chi connectivity index (χ4n) is 3.65. The van der Waals surface area contributed by atoms with Gasteiger partial charge in [-0.1, -0.05) is 53.7 Å². The molecule has 2 heterocycles. The molecule has 0 aliphatic carbocycles. The molecule has 1 fully saturated rings. The summed E-state index contributed by atoms with van der Waals surface area (Å²) in [5.74, 6) is 0.992. The lowest BCUT2D eigenvalue weighted by Gasteiger charge is -2.28. The summed E-state index contributed by atoms with van der Waals surface area (Å²) in [4.78, 5) is 6.94. The molecule has 0 bridgehead atoms. The van der Waals surface area contributed by atoms with Crippen molar-refractivity contribution in [2.24, 2.45) is 4.99 Å². The van der Waals surface area contributed by atoms with Crippen LogP contribution in [-0.2, 0) is 15.6 Å². The highest BCUT2D eigenvalue weighted by Crippen LogP contribution is 2.38. The van der Waals surface area contributed by atoms with E-state index in [1.807, 2.05) is 24.3 Å². The van der Waals surface area contributed by atoms with E-state index in [0.29, 0.717) is 5.75 Å². The van der Waals surface area contributed by atoms with Gasteiger partial charge in [0.05, 0.1) is 23.6 Å². The molecule has 2 aliphatic heterocycles. The van der Waals surface area contributed by atoms with Gasteiger partial charge in [-0.15, -0.1) is 0 Å². The summed E-state index contributed by atoms with van der Waals surface area (Å²) in [6, 6.07) is 13.8. The SMILES string of the molecule is Cc1ccc(C)c(N2C(SCc3ccccc3Cl)=N[C@@H]3CS(=O)(=O)C[C@@H]32)c1. The molecular formula is C20H21ClN2O2S2. The molecule has 2 atom stereocenters. The second kappa shape index (κ2) is 7.15. The van der Waals surface area contributed by atoms with Crippen LogP contribution in [0.15, 0.2) is 47.5 Å². The molecule has 2 aliphatic rings. The van der Waals surface area contributed by atoms with E-state index in [-0.39, 0.29) is 23.6 Å². The summed E-state index contributed by atoms with van der Waals surface area (Å²) in [6.45, 7) is 4.11. The zero-order valence-corrected chi connectivity index (χ0v) is 17.6. The average Bonchev–Trinajstić information content (AvgIpc) is 3.07. The van der Waals surface area contributed by atoms with Gasteiger partial charge in [0, 0.05) is 16.5 Å². The van der Waals surface area contributed by atoms with Gasteiger partial charge in [0.25, 0.3) is 0 Å². The lowest BCUT2D eigenvalue weighted by atomic mass is 10.1. The Bertz CT molecular complexity index is 1020. The van der Waals surface area contributed by atoms with Crippen LogP contribution < -0.4 is 4.90 Å². The number of hydrogen-bond donors (Lipinski definition) is 0. The fraction of sp³-hybridized carbons (Fsp3) is 0.350. The van der Waals surface area contributed by atoms with Crippen LogP contribution in [0, 0.1) is 13.8 Å². The third-order valence-corrected chi connectivity index (χ3v) is 8.13. The van der Waals surface area contributed by atoms with E-state index in [1.54, 1.807) is 11.8 Å². The average molecular weight is 421 g/mol. The molecule has 7 heteroatoms. The Hall–Kier alpha value is -1.50. The number of rotatable bonds is 3. The molecule has 1 saturated heterocycles. The Balaban J connectivity index is 1.68. The van der Waals surface area contributed by atoms with Crippen LogP contribution in [0.3, 0.4) is 0 Å². The number of hydrogen-bond acceptors (Lipinski definition) is 5. The van der Waals surface area contributed by atoms with E-state index in [2.05, 4.69) is 36.9 Å². The molecule has 2 aromatic rings. The summed E-state index contributed by atoms with van der Waals surface area (Å²) in [7, 11) is -3.05. The quantitative estimate of drug-likeness (QED) is 0.745. The predicted octanol–water partition coefficient (Wildman–Crippen LogP) is 4.23. The van der Waals surface area contributed by atoms with E-state index < -0.39 is 9.84 Å². The van der Waals surface area contributed by atoms with Gasteiger partial charge in [-0.05, 0) is 42.7 Å². The second-order valence-electron chi connectivity index (χ2n) is 7.16. The number of aliphatic imine (C=N–C) groups is 1. The number of aryl methyl sites for hydroxylation is 2. The normalized spacial score (nSPS) is 23.4. The molecule has 0 saturated carbocycles. The Morgan fingerprint density at radius 2 is 1.96 bits per heavy atom. The largest absolute Gasteiger partial charge is 0.315 e. The van der Waals surface area contributed by atoms with Crippen molar-refractivity contribution in [3.63, 3.8) is 0 Å². The molecule has 27 heavy (non-hydrogen) atoms. The number of anilines is 1. The minimum atomic E-state index is -3.05. The van der Waals surface area contributed by atoms with Crippen molar-refractivity contribution < 1.29 is 8.42 Å². The molecule has 0 aromatic heterocycles. The molecule has 0 amide bonds. The van der Waals surface area contributed by atoms with Crippen LogP contribution in [-0.4, -0.2) is 37.2 Å². The summed E-state index contributed by atoms with van der Waals surface area (Å²) in [5, 5.41) is 1.62. The highest BCUT2D eigenvalue weighted by Gasteiger charge is 2.47. The van der Waals surface area contributed by atoms with Gasteiger partial charge in [-0.2, -0.15) is 0 Å². The number of amidine groups is 1. The van der Waals surface area contributed by atoms with E-state index >= 15 is 0 Å². The van der Waals surface area contributed by atoms with Gasteiger partial charge >= 0.3 is 0 Å². The van der Waals surface area contributed by atoms with Crippen LogP contribution in [0.2, 0.25) is 5.02 Å². The van der Waals surface area contributed by atoms with E-state index in [9.17, 15) is 8.42 Å². The standard InChI is InChI=1S/C20H21ClN2O2S2/c1-13-7-8-14(2)18(9-13)23-19-12-27(24,25)11-17(19)22-20(23)26-10-15-5-3-4-6-16(15)21/h3-9,17,19H,10-12H2,1-2H3/t17-,19+/m1/s1. The van der Waals surface area contributed by atoms with Gasteiger partial charge in [0.15, 0.2) is 15.0 Å². The van der Waals surface area contributed by atoms with Gasteiger partial charge in [0.2, 0.25) is 0 Å². The van der Waals surface area contributed by atoms with Crippen LogP contribution in [0.5, 0.6) is 0 Å². The highest BCUT2D eigenvalue weighted by molar-refractivity contribution is 8.13. The van der Waals surface area contributed by atoms with E-state index in [4.69, 9.17) is 16.6 Å². The monoisotopic (exact) mass is 420 g/mol. The van der Waals surface area contributed by atoms with Gasteiger partial charge < -0.3 is 4.90 Å². The Morgan fingerprint density at radius 1 is 1.19 bits per heavy atom. The smallest absolute Gasteiger partial charge is 0.164 e. The van der Waals surface area contributed by atoms with E-state index in [1.165, 1.54) is 0 Å². The van der Waals surface area contributed by atoms with Crippen LogP contribution >= 0.6 is 23.4 Å². The summed E-state index contributed by atoms with van der Waals surface area (Å²) >= 11 is 7.92. The maximum Gasteiger partial charge on any atom is 0.164 e. The molecule has 0 spiro atoms. The van der Waals surface area contributed by atoms with Crippen LogP contribution in [0.1, 0.15) is 16.7 Å². The predicted molar refractivity (Wildman–Crippen MR) is 115 cm³/mol. The van der Waals surface area contributed by atoms with E-state index in [0.717, 1.165) is 32.6 Å². The fourth-order valence-corrected chi connectivity index (χ4v) is 6.90. The van der Waals surface area contributed by atoms with Crippen molar-refractivity contribution in [2.45, 2.75) is 31.7 Å². The maximum atomic E-state index is 12.2. The van der Waals surface area contributed by atoms with Crippen molar-refractivity contribution in [2.75, 3.05) is 16.4 Å². The van der Waals surface area contributed by atoms with Crippen molar-refractivity contribution in [3.8, 4) is 0 Å². The Kier molecular flexibility index (Phi) is 4.99. The molecule has 0 radical (unpaired) electrons. The van der Waals surface area contributed by atoms with Crippen molar-refractivity contribution >= 4 is 44.1 Å². The Labute approximate surface area is 169 Å². The minimum absolute atomic E-state index is 0.121. The number of halogens is 1. The first-order valence-corrected chi connectivity index (χ1v) is 12.0. The summed E-state index contributed by atoms with van der Waals surface area (Å²) in [6.07, 6.45) is 0. The maximum absolute atomic E-state index is 12.2. The third kappa shape index (κ3) is 3.75. The van der Waals surface area contributed by atoms with Crippen molar-refractivity contribution in [1.82, 2.24) is 0 Å². The zero-order chi connectivity index (χ0) is 19.2. The molecule has 4 rings (SSSR count). The molecule has 142 valence electrons. The van der Waals surface area contributed by atoms with Gasteiger partial charge in [-0.25, -0.2) is 8.42 Å². The van der Waals surface area contributed by atoms with Crippen LogP contribution in [0.25, 0.3) is 0 Å². The first kappa shape index (κ1) is 18.8. The minimum Gasteiger partial charge on any atom is -0.315 e. The number of nitrogens with zero attached hydrogens (tertiary/aromatic N) is 2. The van der Waals surface area contributed by atoms with Gasteiger partial charge in [-0.3, -0.25) is 4.99 Å². The number of benzene rings is 2. The Morgan fingerprint density at radius 3 is 2.74 bits per heavy atom. The third-order valence-electron chi connectivity index (χ3n) is 5.05.